The number of halogens is 1. The van der Waals surface area contributed by atoms with Gasteiger partial charge in [-0.15, -0.1) is 0 Å². The van der Waals surface area contributed by atoms with Gasteiger partial charge in [0.2, 0.25) is 11.8 Å². The maximum absolute atomic E-state index is 12.5. The van der Waals surface area contributed by atoms with Gasteiger partial charge >= 0.3 is 5.97 Å². The molecule has 1 heterocycles. The van der Waals surface area contributed by atoms with Gasteiger partial charge in [0.15, 0.2) is 0 Å². The number of imide groups is 1. The number of nitrogens with zero attached hydrogens (tertiary/aromatic N) is 1. The number of carbonyl (C=O) groups excluding carboxylic acids is 3. The molecular weight excluding hydrogens is 330 g/mol. The molecule has 2 amide bonds. The van der Waals surface area contributed by atoms with Crippen molar-refractivity contribution in [2.75, 3.05) is 0 Å². The quantitative estimate of drug-likeness (QED) is 0.478. The molecule has 1 aliphatic carbocycles. The maximum Gasteiger partial charge on any atom is 0.334 e. The zero-order chi connectivity index (χ0) is 17.4. The molecule has 2 aliphatic rings. The molecule has 0 aromatic heterocycles. The van der Waals surface area contributed by atoms with E-state index in [1.165, 1.54) is 0 Å². The molecule has 5 nitrogen and oxygen atoms in total. The number of amides is 2. The minimum Gasteiger partial charge on any atom is -0.425 e. The topological polar surface area (TPSA) is 63.7 Å². The molecule has 0 bridgehead atoms. The molecule has 128 valence electrons. The lowest BCUT2D eigenvalue weighted by Crippen LogP contribution is -2.45. The Morgan fingerprint density at radius 3 is 2.33 bits per heavy atom. The summed E-state index contributed by atoms with van der Waals surface area (Å²) in [6.45, 7) is 3.32. The van der Waals surface area contributed by atoms with Crippen molar-refractivity contribution in [1.29, 1.82) is 0 Å². The van der Waals surface area contributed by atoms with E-state index in [4.69, 9.17) is 16.3 Å². The van der Waals surface area contributed by atoms with Crippen molar-refractivity contribution in [2.45, 2.75) is 45.6 Å². The van der Waals surface area contributed by atoms with E-state index < -0.39 is 12.0 Å². The molecule has 1 aliphatic heterocycles. The summed E-state index contributed by atoms with van der Waals surface area (Å²) in [4.78, 5) is 38.6. The van der Waals surface area contributed by atoms with Gasteiger partial charge in [0.05, 0.1) is 11.8 Å². The smallest absolute Gasteiger partial charge is 0.334 e. The van der Waals surface area contributed by atoms with Crippen LogP contribution in [0.25, 0.3) is 0 Å². The number of fused-ring (bicyclic) bond motifs is 1. The maximum atomic E-state index is 12.5. The van der Waals surface area contributed by atoms with Crippen LogP contribution in [0.3, 0.4) is 0 Å². The molecule has 2 fully saturated rings. The predicted molar refractivity (Wildman–Crippen MR) is 88.6 cm³/mol. The minimum atomic E-state index is -0.925. The number of hydrogen-bond acceptors (Lipinski definition) is 4. The summed E-state index contributed by atoms with van der Waals surface area (Å²) in [6, 6.07) is 4.00. The van der Waals surface area contributed by atoms with Gasteiger partial charge < -0.3 is 4.74 Å². The van der Waals surface area contributed by atoms with Gasteiger partial charge in [0.1, 0.15) is 11.8 Å². The molecule has 1 saturated heterocycles. The van der Waals surface area contributed by atoms with Crippen molar-refractivity contribution in [3.8, 4) is 5.75 Å². The number of benzene rings is 1. The van der Waals surface area contributed by atoms with E-state index in [1.807, 2.05) is 0 Å². The first-order valence-corrected chi connectivity index (χ1v) is 8.62. The van der Waals surface area contributed by atoms with Gasteiger partial charge in [-0.3, -0.25) is 14.5 Å². The lowest BCUT2D eigenvalue weighted by molar-refractivity contribution is -0.152. The SMILES string of the molecule is Cc1cc(Cl)ccc1OC(=O)C(C)N1C(=O)C2CCCCC2C1=O. The summed E-state index contributed by atoms with van der Waals surface area (Å²) in [6.07, 6.45) is 3.36. The van der Waals surface area contributed by atoms with E-state index in [2.05, 4.69) is 0 Å². The van der Waals surface area contributed by atoms with Crippen molar-refractivity contribution in [1.82, 2.24) is 4.90 Å². The normalized spacial score (nSPS) is 24.7. The molecule has 3 atom stereocenters. The third-order valence-corrected chi connectivity index (χ3v) is 5.19. The van der Waals surface area contributed by atoms with E-state index in [0.717, 1.165) is 36.1 Å². The van der Waals surface area contributed by atoms with E-state index in [0.29, 0.717) is 10.8 Å². The molecule has 0 radical (unpaired) electrons. The Hall–Kier alpha value is -1.88. The summed E-state index contributed by atoms with van der Waals surface area (Å²) in [5, 5.41) is 0.550. The second-order valence-corrected chi connectivity index (χ2v) is 6.99. The number of carbonyl (C=O) groups is 3. The summed E-state index contributed by atoms with van der Waals surface area (Å²) in [5.74, 6) is -1.23. The Balaban J connectivity index is 1.75. The highest BCUT2D eigenvalue weighted by atomic mass is 35.5. The van der Waals surface area contributed by atoms with E-state index in [1.54, 1.807) is 32.0 Å². The van der Waals surface area contributed by atoms with Crippen LogP contribution in [0.4, 0.5) is 0 Å². The minimum absolute atomic E-state index is 0.234. The lowest BCUT2D eigenvalue weighted by atomic mass is 9.81. The van der Waals surface area contributed by atoms with Crippen molar-refractivity contribution in [2.24, 2.45) is 11.8 Å². The number of likely N-dealkylation sites (tertiary alicyclic amines) is 1. The number of aryl methyl sites for hydroxylation is 1. The lowest BCUT2D eigenvalue weighted by Gasteiger charge is -2.21. The molecule has 6 heteroatoms. The highest BCUT2D eigenvalue weighted by Crippen LogP contribution is 2.39. The van der Waals surface area contributed by atoms with Gasteiger partial charge in [-0.25, -0.2) is 4.79 Å². The van der Waals surface area contributed by atoms with Crippen LogP contribution < -0.4 is 4.74 Å². The van der Waals surface area contributed by atoms with Crippen LogP contribution in [-0.2, 0) is 14.4 Å². The summed E-state index contributed by atoms with van der Waals surface area (Å²) < 4.78 is 5.38. The molecule has 0 spiro atoms. The van der Waals surface area contributed by atoms with E-state index >= 15 is 0 Å². The molecule has 24 heavy (non-hydrogen) atoms. The van der Waals surface area contributed by atoms with Gasteiger partial charge in [-0.05, 0) is 50.5 Å². The highest BCUT2D eigenvalue weighted by molar-refractivity contribution is 6.30. The first-order valence-electron chi connectivity index (χ1n) is 8.25. The van der Waals surface area contributed by atoms with E-state index in [9.17, 15) is 14.4 Å². The molecule has 0 N–H and O–H groups in total. The predicted octanol–water partition coefficient (Wildman–Crippen LogP) is 3.12. The first-order chi connectivity index (χ1) is 11.4. The molecule has 1 aromatic rings. The fraction of sp³-hybridized carbons (Fsp3) is 0.500. The van der Waals surface area contributed by atoms with Crippen LogP contribution >= 0.6 is 11.6 Å². The number of ether oxygens (including phenoxy) is 1. The second kappa shape index (κ2) is 6.55. The first kappa shape index (κ1) is 17.0. The van der Waals surface area contributed by atoms with Crippen LogP contribution in [0.2, 0.25) is 5.02 Å². The van der Waals surface area contributed by atoms with Crippen molar-refractivity contribution in [3.05, 3.63) is 28.8 Å². The summed E-state index contributed by atoms with van der Waals surface area (Å²) in [7, 11) is 0. The van der Waals surface area contributed by atoms with Crippen molar-refractivity contribution < 1.29 is 19.1 Å². The van der Waals surface area contributed by atoms with Gasteiger partial charge in [0.25, 0.3) is 0 Å². The van der Waals surface area contributed by atoms with Crippen molar-refractivity contribution >= 4 is 29.4 Å². The Labute approximate surface area is 145 Å². The summed E-state index contributed by atoms with van der Waals surface area (Å²) >= 11 is 5.89. The monoisotopic (exact) mass is 349 g/mol. The van der Waals surface area contributed by atoms with Crippen LogP contribution in [0.1, 0.15) is 38.2 Å². The number of hydrogen-bond donors (Lipinski definition) is 0. The fourth-order valence-corrected chi connectivity index (χ4v) is 3.82. The molecular formula is C18H20ClNO4. The van der Waals surface area contributed by atoms with Crippen LogP contribution in [-0.4, -0.2) is 28.7 Å². The zero-order valence-electron chi connectivity index (χ0n) is 13.8. The number of rotatable bonds is 3. The van der Waals surface area contributed by atoms with Gasteiger partial charge in [0, 0.05) is 5.02 Å². The van der Waals surface area contributed by atoms with Crippen LogP contribution in [0, 0.1) is 18.8 Å². The molecule has 3 unspecified atom stereocenters. The Morgan fingerprint density at radius 1 is 1.21 bits per heavy atom. The molecule has 1 aromatic carbocycles. The Morgan fingerprint density at radius 2 is 1.79 bits per heavy atom. The van der Waals surface area contributed by atoms with Crippen molar-refractivity contribution in [3.63, 3.8) is 0 Å². The molecule has 3 rings (SSSR count). The zero-order valence-corrected chi connectivity index (χ0v) is 14.5. The Kier molecular flexibility index (Phi) is 4.63. The third-order valence-electron chi connectivity index (χ3n) is 4.95. The van der Waals surface area contributed by atoms with Crippen LogP contribution in [0.5, 0.6) is 5.75 Å². The highest BCUT2D eigenvalue weighted by Gasteiger charge is 2.51. The average molecular weight is 350 g/mol. The third kappa shape index (κ3) is 2.93. The fourth-order valence-electron chi connectivity index (χ4n) is 3.60. The molecule has 1 saturated carbocycles. The van der Waals surface area contributed by atoms with Gasteiger partial charge in [-0.2, -0.15) is 0 Å². The second-order valence-electron chi connectivity index (χ2n) is 6.55. The average Bonchev–Trinajstić information content (AvgIpc) is 2.81. The number of esters is 1. The summed E-state index contributed by atoms with van der Waals surface area (Å²) in [5.41, 5.74) is 0.718. The largest absolute Gasteiger partial charge is 0.425 e. The van der Waals surface area contributed by atoms with E-state index in [-0.39, 0.29) is 23.7 Å². The van der Waals surface area contributed by atoms with Crippen LogP contribution in [0.15, 0.2) is 18.2 Å². The van der Waals surface area contributed by atoms with Gasteiger partial charge in [-0.1, -0.05) is 24.4 Å². The Bertz CT molecular complexity index is 678. The standard InChI is InChI=1S/C18H20ClNO4/c1-10-9-12(19)7-8-15(10)24-18(23)11(2)20-16(21)13-5-3-4-6-14(13)17(20)22/h7-9,11,13-14H,3-6H2,1-2H3.